The zero-order valence-electron chi connectivity index (χ0n) is 13.8. The van der Waals surface area contributed by atoms with E-state index in [-0.39, 0.29) is 0 Å². The first-order valence-corrected chi connectivity index (χ1v) is 9.44. The van der Waals surface area contributed by atoms with Gasteiger partial charge in [0.15, 0.2) is 0 Å². The van der Waals surface area contributed by atoms with E-state index in [0.717, 1.165) is 18.5 Å². The van der Waals surface area contributed by atoms with E-state index in [2.05, 4.69) is 11.9 Å². The predicted molar refractivity (Wildman–Crippen MR) is 101 cm³/mol. The monoisotopic (exact) mass is 341 g/mol. The zero-order chi connectivity index (χ0) is 16.0. The minimum atomic E-state index is 0.664. The van der Waals surface area contributed by atoms with E-state index in [9.17, 15) is 0 Å². The Hall–Kier alpha value is -0.530. The van der Waals surface area contributed by atoms with Gasteiger partial charge in [-0.25, -0.2) is 0 Å². The minimum Gasteiger partial charge on any atom is -0.293 e. The van der Waals surface area contributed by atoms with Crippen molar-refractivity contribution in [1.29, 1.82) is 0 Å². The normalized spacial score (nSPS) is 11.4. The van der Waals surface area contributed by atoms with Gasteiger partial charge in [0.1, 0.15) is 0 Å². The molecule has 0 bridgehead atoms. The van der Waals surface area contributed by atoms with Crippen LogP contribution in [-0.2, 0) is 0 Å². The molecule has 0 aliphatic rings. The van der Waals surface area contributed by atoms with Gasteiger partial charge in [-0.2, -0.15) is 0 Å². The molecule has 0 aliphatic heterocycles. The lowest BCUT2D eigenvalue weighted by Gasteiger charge is -2.01. The Morgan fingerprint density at radius 1 is 0.864 bits per heavy atom. The number of aliphatic imine (C=N–C) groups is 1. The van der Waals surface area contributed by atoms with Crippen LogP contribution in [-0.4, -0.2) is 12.8 Å². The van der Waals surface area contributed by atoms with Crippen LogP contribution in [0.25, 0.3) is 0 Å². The molecule has 1 aromatic rings. The van der Waals surface area contributed by atoms with E-state index in [1.807, 2.05) is 18.3 Å². The van der Waals surface area contributed by atoms with Crippen molar-refractivity contribution in [3.05, 3.63) is 33.8 Å². The first kappa shape index (κ1) is 19.5. The lowest BCUT2D eigenvalue weighted by Crippen LogP contribution is -1.87. The van der Waals surface area contributed by atoms with Crippen LogP contribution < -0.4 is 0 Å². The second-order valence-corrected chi connectivity index (χ2v) is 6.73. The average Bonchev–Trinajstić information content (AvgIpc) is 2.50. The Kier molecular flexibility index (Phi) is 11.5. The van der Waals surface area contributed by atoms with Crippen LogP contribution in [0.15, 0.2) is 23.2 Å². The third kappa shape index (κ3) is 9.48. The summed E-state index contributed by atoms with van der Waals surface area (Å²) in [5, 5.41) is 1.33. The molecule has 0 saturated carbocycles. The first-order valence-electron chi connectivity index (χ1n) is 8.69. The molecule has 0 unspecified atom stereocenters. The summed E-state index contributed by atoms with van der Waals surface area (Å²) >= 11 is 12.0. The molecule has 3 heteroatoms. The highest BCUT2D eigenvalue weighted by molar-refractivity contribution is 6.36. The molecule has 1 rings (SSSR count). The Bertz CT molecular complexity index is 429. The lowest BCUT2D eigenvalue weighted by atomic mass is 10.1. The van der Waals surface area contributed by atoms with Gasteiger partial charge in [-0.15, -0.1) is 0 Å². The first-order chi connectivity index (χ1) is 10.7. The number of rotatable bonds is 12. The maximum absolute atomic E-state index is 6.10. The Morgan fingerprint density at radius 3 is 2.05 bits per heavy atom. The molecule has 0 spiro atoms. The largest absolute Gasteiger partial charge is 0.293 e. The number of nitrogens with zero attached hydrogens (tertiary/aromatic N) is 1. The Labute approximate surface area is 146 Å². The third-order valence-corrected chi connectivity index (χ3v) is 4.40. The van der Waals surface area contributed by atoms with Crippen LogP contribution in [0.4, 0.5) is 0 Å². The van der Waals surface area contributed by atoms with Gasteiger partial charge in [0.2, 0.25) is 0 Å². The van der Waals surface area contributed by atoms with E-state index < -0.39 is 0 Å². The summed E-state index contributed by atoms with van der Waals surface area (Å²) in [7, 11) is 0. The number of unbranched alkanes of at least 4 members (excludes halogenated alkanes) is 9. The summed E-state index contributed by atoms with van der Waals surface area (Å²) in [5.41, 5.74) is 0.943. The molecule has 0 aliphatic carbocycles. The quantitative estimate of drug-likeness (QED) is 0.278. The van der Waals surface area contributed by atoms with Gasteiger partial charge in [-0.05, 0) is 18.6 Å². The van der Waals surface area contributed by atoms with Crippen LogP contribution in [0.5, 0.6) is 0 Å². The molecule has 1 aromatic carbocycles. The van der Waals surface area contributed by atoms with Gasteiger partial charge in [0.25, 0.3) is 0 Å². The van der Waals surface area contributed by atoms with Crippen molar-refractivity contribution in [3.63, 3.8) is 0 Å². The van der Waals surface area contributed by atoms with Crippen molar-refractivity contribution in [2.24, 2.45) is 4.99 Å². The molecule has 1 nitrogen and oxygen atoms in total. The highest BCUT2D eigenvalue weighted by Gasteiger charge is 1.97. The lowest BCUT2D eigenvalue weighted by molar-refractivity contribution is 0.558. The molecule has 124 valence electrons. The summed E-state index contributed by atoms with van der Waals surface area (Å²) in [6.07, 6.45) is 15.4. The maximum atomic E-state index is 6.10. The van der Waals surface area contributed by atoms with Crippen molar-refractivity contribution in [2.45, 2.75) is 71.1 Å². The van der Waals surface area contributed by atoms with Crippen molar-refractivity contribution in [2.75, 3.05) is 6.54 Å². The topological polar surface area (TPSA) is 12.4 Å². The zero-order valence-corrected chi connectivity index (χ0v) is 15.3. The number of hydrogen-bond donors (Lipinski definition) is 0. The molecule has 0 N–H and O–H groups in total. The highest BCUT2D eigenvalue weighted by Crippen LogP contribution is 2.19. The molecular weight excluding hydrogens is 313 g/mol. The maximum Gasteiger partial charge on any atom is 0.0508 e. The van der Waals surface area contributed by atoms with Crippen molar-refractivity contribution < 1.29 is 0 Å². The second-order valence-electron chi connectivity index (χ2n) is 5.88. The molecule has 0 radical (unpaired) electrons. The van der Waals surface area contributed by atoms with Gasteiger partial charge < -0.3 is 0 Å². The standard InChI is InChI=1S/C19H29Cl2N/c1-2-3-4-5-6-7-8-9-10-11-14-22-16-17-12-13-18(20)15-19(17)21/h12-13,15-16H,2-11,14H2,1H3. The van der Waals surface area contributed by atoms with Crippen LogP contribution in [0.3, 0.4) is 0 Å². The minimum absolute atomic E-state index is 0.664. The van der Waals surface area contributed by atoms with Crippen molar-refractivity contribution >= 4 is 29.4 Å². The molecular formula is C19H29Cl2N. The fourth-order valence-corrected chi connectivity index (χ4v) is 2.92. The van der Waals surface area contributed by atoms with Gasteiger partial charge in [-0.1, -0.05) is 94.0 Å². The predicted octanol–water partition coefficient (Wildman–Crippen LogP) is 7.33. The van der Waals surface area contributed by atoms with Gasteiger partial charge >= 0.3 is 0 Å². The van der Waals surface area contributed by atoms with Crippen molar-refractivity contribution in [1.82, 2.24) is 0 Å². The molecule has 0 atom stereocenters. The van der Waals surface area contributed by atoms with E-state index in [1.165, 1.54) is 57.8 Å². The number of hydrogen-bond acceptors (Lipinski definition) is 1. The smallest absolute Gasteiger partial charge is 0.0508 e. The van der Waals surface area contributed by atoms with Crippen LogP contribution in [0, 0.1) is 0 Å². The molecule has 0 heterocycles. The third-order valence-electron chi connectivity index (χ3n) is 3.83. The summed E-state index contributed by atoms with van der Waals surface area (Å²) in [6, 6.07) is 5.51. The van der Waals surface area contributed by atoms with Crippen LogP contribution in [0.2, 0.25) is 10.0 Å². The Balaban J connectivity index is 1.98. The summed E-state index contributed by atoms with van der Waals surface area (Å²) < 4.78 is 0. The highest BCUT2D eigenvalue weighted by atomic mass is 35.5. The molecule has 0 saturated heterocycles. The van der Waals surface area contributed by atoms with Crippen LogP contribution >= 0.6 is 23.2 Å². The fraction of sp³-hybridized carbons (Fsp3) is 0.632. The molecule has 0 amide bonds. The summed E-state index contributed by atoms with van der Waals surface area (Å²) in [6.45, 7) is 3.15. The molecule has 0 aromatic heterocycles. The number of halogens is 2. The molecule has 0 fully saturated rings. The molecule has 22 heavy (non-hydrogen) atoms. The van der Waals surface area contributed by atoms with Crippen molar-refractivity contribution in [3.8, 4) is 0 Å². The fourth-order valence-electron chi connectivity index (χ4n) is 2.46. The Morgan fingerprint density at radius 2 is 1.45 bits per heavy atom. The van der Waals surface area contributed by atoms with E-state index in [4.69, 9.17) is 23.2 Å². The average molecular weight is 342 g/mol. The van der Waals surface area contributed by atoms with Gasteiger partial charge in [0.05, 0.1) is 5.02 Å². The second kappa shape index (κ2) is 13.0. The SMILES string of the molecule is CCCCCCCCCCCCN=Cc1ccc(Cl)cc1Cl. The van der Waals surface area contributed by atoms with E-state index in [1.54, 1.807) is 6.07 Å². The summed E-state index contributed by atoms with van der Waals surface area (Å²) in [5.74, 6) is 0. The van der Waals surface area contributed by atoms with Gasteiger partial charge in [0, 0.05) is 23.3 Å². The number of benzene rings is 1. The van der Waals surface area contributed by atoms with Crippen LogP contribution in [0.1, 0.15) is 76.7 Å². The van der Waals surface area contributed by atoms with E-state index >= 15 is 0 Å². The van der Waals surface area contributed by atoms with Gasteiger partial charge in [-0.3, -0.25) is 4.99 Å². The summed E-state index contributed by atoms with van der Waals surface area (Å²) in [4.78, 5) is 4.45. The van der Waals surface area contributed by atoms with E-state index in [0.29, 0.717) is 10.0 Å².